The van der Waals surface area contributed by atoms with Crippen molar-refractivity contribution in [3.05, 3.63) is 101 Å². The summed E-state index contributed by atoms with van der Waals surface area (Å²) in [5.74, 6) is -1.08. The summed E-state index contributed by atoms with van der Waals surface area (Å²) in [4.78, 5) is 18.3. The summed E-state index contributed by atoms with van der Waals surface area (Å²) < 4.78 is 53.4. The molecule has 0 saturated carbocycles. The van der Waals surface area contributed by atoms with Gasteiger partial charge in [-0.25, -0.2) is 4.98 Å². The number of halogens is 4. The summed E-state index contributed by atoms with van der Waals surface area (Å²) in [7, 11) is 0. The van der Waals surface area contributed by atoms with E-state index in [1.54, 1.807) is 12.1 Å². The third-order valence-corrected chi connectivity index (χ3v) is 6.80. The van der Waals surface area contributed by atoms with Gasteiger partial charge < -0.3 is 10.2 Å². The molecule has 0 unspecified atom stereocenters. The molecule has 3 aromatic rings. The third-order valence-electron chi connectivity index (χ3n) is 6.80. The number of aromatic nitrogens is 1. The number of benzene rings is 2. The first-order chi connectivity index (χ1) is 16.8. The van der Waals surface area contributed by atoms with Gasteiger partial charge in [0.15, 0.2) is 0 Å². The predicted molar refractivity (Wildman–Crippen MR) is 125 cm³/mol. The van der Waals surface area contributed by atoms with Gasteiger partial charge in [-0.05, 0) is 55.6 Å². The van der Waals surface area contributed by atoms with Gasteiger partial charge in [0.25, 0.3) is 5.91 Å². The van der Waals surface area contributed by atoms with E-state index in [9.17, 15) is 22.4 Å². The molecule has 2 heterocycles. The highest BCUT2D eigenvalue weighted by molar-refractivity contribution is 5.94. The third kappa shape index (κ3) is 6.06. The first-order valence-electron chi connectivity index (χ1n) is 11.6. The van der Waals surface area contributed by atoms with Gasteiger partial charge in [0.2, 0.25) is 5.95 Å². The lowest BCUT2D eigenvalue weighted by Crippen LogP contribution is -2.49. The van der Waals surface area contributed by atoms with Crippen molar-refractivity contribution in [1.29, 1.82) is 0 Å². The molecule has 1 fully saturated rings. The highest BCUT2D eigenvalue weighted by Gasteiger charge is 2.37. The van der Waals surface area contributed by atoms with E-state index in [1.165, 1.54) is 18.3 Å². The molecular weight excluding hydrogens is 458 g/mol. The molecule has 1 saturated heterocycles. The molecule has 184 valence electrons. The Morgan fingerprint density at radius 1 is 1.00 bits per heavy atom. The standard InChI is InChI=1S/C27H27F4N3O/c28-24-18-21(10-14-32-24)25(35)33-19-26(22-7-2-1-3-8-22)12-16-34(17-13-26)15-11-20-6-4-5-9-23(20)27(29,30)31/h1-10,14,18H,11-13,15-17,19H2,(H,33,35). The van der Waals surface area contributed by atoms with E-state index in [0.717, 1.165) is 30.5 Å². The van der Waals surface area contributed by atoms with Crippen molar-refractivity contribution in [3.8, 4) is 0 Å². The SMILES string of the molecule is O=C(NCC1(c2ccccc2)CCN(CCc2ccccc2C(F)(F)F)CC1)c1ccnc(F)c1. The molecule has 0 spiro atoms. The van der Waals surface area contributed by atoms with E-state index in [2.05, 4.69) is 15.2 Å². The number of likely N-dealkylation sites (tertiary alicyclic amines) is 1. The van der Waals surface area contributed by atoms with Crippen molar-refractivity contribution >= 4 is 5.91 Å². The largest absolute Gasteiger partial charge is 0.416 e. The van der Waals surface area contributed by atoms with Crippen molar-refractivity contribution in [2.45, 2.75) is 30.9 Å². The number of amides is 1. The first-order valence-corrected chi connectivity index (χ1v) is 11.6. The van der Waals surface area contributed by atoms with Crippen LogP contribution in [0, 0.1) is 5.95 Å². The average Bonchev–Trinajstić information content (AvgIpc) is 2.87. The maximum absolute atomic E-state index is 13.4. The summed E-state index contributed by atoms with van der Waals surface area (Å²) in [6, 6.07) is 18.2. The van der Waals surface area contributed by atoms with E-state index in [4.69, 9.17) is 0 Å². The maximum atomic E-state index is 13.4. The topological polar surface area (TPSA) is 45.2 Å². The molecule has 4 rings (SSSR count). The Balaban J connectivity index is 1.42. The highest BCUT2D eigenvalue weighted by atomic mass is 19.4. The Labute approximate surface area is 202 Å². The Kier molecular flexibility index (Phi) is 7.50. The molecule has 2 aromatic carbocycles. The summed E-state index contributed by atoms with van der Waals surface area (Å²) in [6.45, 7) is 2.30. The van der Waals surface area contributed by atoms with Crippen LogP contribution in [0.5, 0.6) is 0 Å². The number of nitrogens with zero attached hydrogens (tertiary/aromatic N) is 2. The highest BCUT2D eigenvalue weighted by Crippen LogP contribution is 2.36. The second-order valence-electron chi connectivity index (χ2n) is 8.94. The Bertz CT molecular complexity index is 1140. The van der Waals surface area contributed by atoms with Crippen LogP contribution >= 0.6 is 0 Å². The molecule has 0 aliphatic carbocycles. The van der Waals surface area contributed by atoms with Crippen LogP contribution in [-0.2, 0) is 18.0 Å². The quantitative estimate of drug-likeness (QED) is 0.368. The van der Waals surface area contributed by atoms with E-state index in [1.807, 2.05) is 30.3 Å². The number of alkyl halides is 3. The summed E-state index contributed by atoms with van der Waals surface area (Å²) >= 11 is 0. The van der Waals surface area contributed by atoms with Crippen LogP contribution in [0.3, 0.4) is 0 Å². The van der Waals surface area contributed by atoms with Crippen molar-refractivity contribution in [2.24, 2.45) is 0 Å². The Morgan fingerprint density at radius 2 is 1.69 bits per heavy atom. The number of pyridine rings is 1. The fraction of sp³-hybridized carbons (Fsp3) is 0.333. The van der Waals surface area contributed by atoms with Crippen molar-refractivity contribution in [2.75, 3.05) is 26.2 Å². The summed E-state index contributed by atoms with van der Waals surface area (Å²) in [5.41, 5.74) is 0.718. The van der Waals surface area contributed by atoms with Gasteiger partial charge in [0.05, 0.1) is 5.56 Å². The summed E-state index contributed by atoms with van der Waals surface area (Å²) in [5, 5.41) is 2.96. The molecule has 8 heteroatoms. The lowest BCUT2D eigenvalue weighted by molar-refractivity contribution is -0.138. The Hall–Kier alpha value is -3.26. The van der Waals surface area contributed by atoms with Gasteiger partial charge in [-0.3, -0.25) is 4.79 Å². The first kappa shape index (κ1) is 24.9. The minimum absolute atomic E-state index is 0.210. The smallest absolute Gasteiger partial charge is 0.351 e. The molecule has 1 aliphatic rings. The van der Waals surface area contributed by atoms with Gasteiger partial charge in [0, 0.05) is 36.3 Å². The zero-order chi connectivity index (χ0) is 24.9. The van der Waals surface area contributed by atoms with Crippen molar-refractivity contribution in [3.63, 3.8) is 0 Å². The lowest BCUT2D eigenvalue weighted by Gasteiger charge is -2.42. The zero-order valence-electron chi connectivity index (χ0n) is 19.2. The van der Waals surface area contributed by atoms with Gasteiger partial charge >= 0.3 is 6.18 Å². The van der Waals surface area contributed by atoms with E-state index < -0.39 is 17.7 Å². The molecule has 1 aliphatic heterocycles. The zero-order valence-corrected chi connectivity index (χ0v) is 19.2. The van der Waals surface area contributed by atoms with Gasteiger partial charge in [-0.1, -0.05) is 48.5 Å². The number of hydrogen-bond donors (Lipinski definition) is 1. The lowest BCUT2D eigenvalue weighted by atomic mass is 9.72. The van der Waals surface area contributed by atoms with E-state index in [0.29, 0.717) is 38.2 Å². The summed E-state index contributed by atoms with van der Waals surface area (Å²) in [6.07, 6.45) is -1.31. The fourth-order valence-electron chi connectivity index (χ4n) is 4.75. The second-order valence-corrected chi connectivity index (χ2v) is 8.94. The predicted octanol–water partition coefficient (Wildman–Crippen LogP) is 5.25. The molecule has 35 heavy (non-hydrogen) atoms. The fourth-order valence-corrected chi connectivity index (χ4v) is 4.75. The van der Waals surface area contributed by atoms with Crippen LogP contribution in [0.2, 0.25) is 0 Å². The monoisotopic (exact) mass is 485 g/mol. The van der Waals surface area contributed by atoms with E-state index in [-0.39, 0.29) is 16.9 Å². The van der Waals surface area contributed by atoms with Crippen molar-refractivity contribution in [1.82, 2.24) is 15.2 Å². The minimum Gasteiger partial charge on any atom is -0.351 e. The number of nitrogens with one attached hydrogen (secondary N) is 1. The number of rotatable bonds is 7. The van der Waals surface area contributed by atoms with Crippen molar-refractivity contribution < 1.29 is 22.4 Å². The van der Waals surface area contributed by atoms with E-state index >= 15 is 0 Å². The molecule has 1 aromatic heterocycles. The molecule has 1 amide bonds. The van der Waals surface area contributed by atoms with Crippen LogP contribution in [0.1, 0.15) is 39.9 Å². The number of hydrogen-bond acceptors (Lipinski definition) is 3. The normalized spacial score (nSPS) is 16.1. The van der Waals surface area contributed by atoms with Crippen LogP contribution in [0.15, 0.2) is 72.9 Å². The van der Waals surface area contributed by atoms with Gasteiger partial charge in [-0.2, -0.15) is 17.6 Å². The van der Waals surface area contributed by atoms with Crippen LogP contribution in [-0.4, -0.2) is 42.0 Å². The average molecular weight is 486 g/mol. The molecule has 1 N–H and O–H groups in total. The van der Waals surface area contributed by atoms with Gasteiger partial charge in [0.1, 0.15) is 0 Å². The molecule has 0 radical (unpaired) electrons. The minimum atomic E-state index is -4.36. The Morgan fingerprint density at radius 3 is 2.37 bits per heavy atom. The van der Waals surface area contributed by atoms with Crippen LogP contribution in [0.4, 0.5) is 17.6 Å². The number of carbonyl (C=O) groups excluding carboxylic acids is 1. The number of piperidine rings is 1. The van der Waals surface area contributed by atoms with Crippen LogP contribution < -0.4 is 5.32 Å². The maximum Gasteiger partial charge on any atom is 0.416 e. The van der Waals surface area contributed by atoms with Gasteiger partial charge in [-0.15, -0.1) is 0 Å². The van der Waals surface area contributed by atoms with Crippen LogP contribution in [0.25, 0.3) is 0 Å². The molecule has 4 nitrogen and oxygen atoms in total. The molecular formula is C27H27F4N3O. The second kappa shape index (κ2) is 10.6. The number of carbonyl (C=O) groups is 1. The molecule has 0 atom stereocenters. The molecule has 0 bridgehead atoms.